The van der Waals surface area contributed by atoms with Crippen LogP contribution in [0.5, 0.6) is 0 Å². The molecule has 5 heteroatoms. The van der Waals surface area contributed by atoms with Crippen molar-refractivity contribution in [1.82, 2.24) is 0 Å². The summed E-state index contributed by atoms with van der Waals surface area (Å²) in [7, 11) is 0. The monoisotopic (exact) mass is 342 g/mol. The number of rotatable bonds is 12. The molecule has 0 amide bonds. The van der Waals surface area contributed by atoms with E-state index in [9.17, 15) is 13.2 Å². The van der Waals surface area contributed by atoms with Crippen molar-refractivity contribution in [3.8, 4) is 0 Å². The Labute approximate surface area is 141 Å². The minimum Gasteiger partial charge on any atom is -0.375 e. The first-order valence-corrected chi connectivity index (χ1v) is 8.90. The number of hydrogen-bond donors (Lipinski definition) is 0. The van der Waals surface area contributed by atoms with E-state index in [0.717, 1.165) is 38.5 Å². The summed E-state index contributed by atoms with van der Waals surface area (Å²) in [5.74, 6) is 0. The van der Waals surface area contributed by atoms with E-state index in [4.69, 9.17) is 9.47 Å². The summed E-state index contributed by atoms with van der Waals surface area (Å²) in [6.45, 7) is 11.1. The van der Waals surface area contributed by atoms with Crippen LogP contribution in [0.25, 0.3) is 0 Å². The second-order valence-electron chi connectivity index (χ2n) is 6.39. The molecule has 0 spiro atoms. The topological polar surface area (TPSA) is 18.5 Å². The number of halogens is 3. The van der Waals surface area contributed by atoms with Crippen LogP contribution in [0.3, 0.4) is 0 Å². The van der Waals surface area contributed by atoms with Gasteiger partial charge in [0.05, 0.1) is 18.8 Å². The summed E-state index contributed by atoms with van der Waals surface area (Å²) < 4.78 is 46.7. The maximum Gasteiger partial charge on any atom is 0.261 e. The van der Waals surface area contributed by atoms with Crippen molar-refractivity contribution in [2.45, 2.75) is 104 Å². The zero-order valence-electron chi connectivity index (χ0n) is 15.8. The van der Waals surface area contributed by atoms with E-state index < -0.39 is 18.7 Å². The standard InChI is InChI=1S/C10H21FO.C8H16F2O/c1-5-7-9(6-2)12-8-10(3,4)11;1-3-5-7(4-2)11-6-8(9)10/h9H,5-8H2,1-4H3;7-8H,3-6H2,1-2H3. The normalized spacial score (nSPS) is 14.3. The van der Waals surface area contributed by atoms with Crippen LogP contribution in [0.1, 0.15) is 80.1 Å². The molecule has 2 atom stereocenters. The molecule has 0 aromatic carbocycles. The van der Waals surface area contributed by atoms with E-state index >= 15 is 0 Å². The minimum absolute atomic E-state index is 0.0222. The summed E-state index contributed by atoms with van der Waals surface area (Å²) in [5.41, 5.74) is -1.19. The molecule has 2 unspecified atom stereocenters. The van der Waals surface area contributed by atoms with Gasteiger partial charge in [0.1, 0.15) is 12.3 Å². The molecule has 0 heterocycles. The molecule has 0 saturated carbocycles. The molecule has 0 aromatic heterocycles. The van der Waals surface area contributed by atoms with Crippen molar-refractivity contribution in [2.24, 2.45) is 0 Å². The van der Waals surface area contributed by atoms with E-state index in [1.165, 1.54) is 0 Å². The van der Waals surface area contributed by atoms with E-state index in [1.54, 1.807) is 13.8 Å². The van der Waals surface area contributed by atoms with Gasteiger partial charge in [-0.1, -0.05) is 40.5 Å². The SMILES string of the molecule is CCCC(CC)OCC(C)(C)F.CCCC(CC)OCC(F)F. The first-order chi connectivity index (χ1) is 10.7. The van der Waals surface area contributed by atoms with Crippen LogP contribution in [-0.4, -0.2) is 37.5 Å². The Kier molecular flexibility index (Phi) is 16.5. The van der Waals surface area contributed by atoms with Crippen molar-refractivity contribution >= 4 is 0 Å². The summed E-state index contributed by atoms with van der Waals surface area (Å²) >= 11 is 0. The van der Waals surface area contributed by atoms with Crippen LogP contribution in [0.15, 0.2) is 0 Å². The van der Waals surface area contributed by atoms with Gasteiger partial charge in [0.25, 0.3) is 6.43 Å². The lowest BCUT2D eigenvalue weighted by Crippen LogP contribution is -2.25. The van der Waals surface area contributed by atoms with Crippen molar-refractivity contribution < 1.29 is 22.6 Å². The second-order valence-corrected chi connectivity index (χ2v) is 6.39. The van der Waals surface area contributed by atoms with Crippen LogP contribution in [0.2, 0.25) is 0 Å². The molecular weight excluding hydrogens is 305 g/mol. The summed E-state index contributed by atoms with van der Waals surface area (Å²) in [6.07, 6.45) is 3.73. The summed E-state index contributed by atoms with van der Waals surface area (Å²) in [4.78, 5) is 0. The highest BCUT2D eigenvalue weighted by atomic mass is 19.3. The third-order valence-corrected chi connectivity index (χ3v) is 3.25. The Balaban J connectivity index is 0. The van der Waals surface area contributed by atoms with Gasteiger partial charge in [0.2, 0.25) is 0 Å². The van der Waals surface area contributed by atoms with E-state index in [1.807, 2.05) is 13.8 Å². The molecule has 0 aliphatic rings. The van der Waals surface area contributed by atoms with Crippen LogP contribution in [-0.2, 0) is 9.47 Å². The number of hydrogen-bond acceptors (Lipinski definition) is 2. The molecular formula is C18H37F3O2. The Morgan fingerprint density at radius 1 is 0.826 bits per heavy atom. The smallest absolute Gasteiger partial charge is 0.261 e. The lowest BCUT2D eigenvalue weighted by atomic mass is 10.1. The molecule has 0 aliphatic carbocycles. The van der Waals surface area contributed by atoms with Gasteiger partial charge < -0.3 is 9.47 Å². The Morgan fingerprint density at radius 2 is 1.26 bits per heavy atom. The average molecular weight is 342 g/mol. The van der Waals surface area contributed by atoms with Gasteiger partial charge in [-0.25, -0.2) is 13.2 Å². The highest BCUT2D eigenvalue weighted by Gasteiger charge is 2.17. The third-order valence-electron chi connectivity index (χ3n) is 3.25. The zero-order chi connectivity index (χ0) is 18.3. The minimum atomic E-state index is -2.33. The maximum atomic E-state index is 13.0. The van der Waals surface area contributed by atoms with Crippen molar-refractivity contribution in [2.75, 3.05) is 13.2 Å². The largest absolute Gasteiger partial charge is 0.375 e. The average Bonchev–Trinajstić information content (AvgIpc) is 2.47. The van der Waals surface area contributed by atoms with E-state index in [-0.39, 0.29) is 18.8 Å². The van der Waals surface area contributed by atoms with Crippen LogP contribution < -0.4 is 0 Å². The van der Waals surface area contributed by atoms with Crippen LogP contribution in [0, 0.1) is 0 Å². The fraction of sp³-hybridized carbons (Fsp3) is 1.00. The van der Waals surface area contributed by atoms with Gasteiger partial charge in [-0.3, -0.25) is 0 Å². The molecule has 0 bridgehead atoms. The molecule has 0 aromatic rings. The predicted octanol–water partition coefficient (Wildman–Crippen LogP) is 6.18. The van der Waals surface area contributed by atoms with Gasteiger partial charge >= 0.3 is 0 Å². The Hall–Kier alpha value is -0.290. The van der Waals surface area contributed by atoms with E-state index in [0.29, 0.717) is 0 Å². The highest BCUT2D eigenvalue weighted by Crippen LogP contribution is 2.13. The second kappa shape index (κ2) is 15.3. The zero-order valence-corrected chi connectivity index (χ0v) is 15.8. The molecule has 23 heavy (non-hydrogen) atoms. The molecule has 0 N–H and O–H groups in total. The van der Waals surface area contributed by atoms with Crippen LogP contribution >= 0.6 is 0 Å². The van der Waals surface area contributed by atoms with Crippen LogP contribution in [0.4, 0.5) is 13.2 Å². The Morgan fingerprint density at radius 3 is 1.57 bits per heavy atom. The van der Waals surface area contributed by atoms with Gasteiger partial charge in [-0.2, -0.15) is 0 Å². The molecule has 0 fully saturated rings. The first-order valence-electron chi connectivity index (χ1n) is 8.90. The molecule has 2 nitrogen and oxygen atoms in total. The third kappa shape index (κ3) is 19.7. The quantitative estimate of drug-likeness (QED) is 0.422. The van der Waals surface area contributed by atoms with E-state index in [2.05, 4.69) is 13.8 Å². The highest BCUT2D eigenvalue weighted by molar-refractivity contribution is 4.66. The van der Waals surface area contributed by atoms with Gasteiger partial charge in [0.15, 0.2) is 0 Å². The molecule has 0 rings (SSSR count). The lowest BCUT2D eigenvalue weighted by Gasteiger charge is -2.20. The van der Waals surface area contributed by atoms with Gasteiger partial charge in [-0.05, 0) is 39.5 Å². The number of alkyl halides is 3. The number of ether oxygens (including phenoxy) is 2. The molecule has 0 aliphatic heterocycles. The molecule has 0 radical (unpaired) electrons. The van der Waals surface area contributed by atoms with Gasteiger partial charge in [0, 0.05) is 0 Å². The van der Waals surface area contributed by atoms with Crippen molar-refractivity contribution in [1.29, 1.82) is 0 Å². The molecule has 142 valence electrons. The fourth-order valence-electron chi connectivity index (χ4n) is 1.98. The summed E-state index contributed by atoms with van der Waals surface area (Å²) in [6, 6.07) is 0. The van der Waals surface area contributed by atoms with Crippen molar-refractivity contribution in [3.63, 3.8) is 0 Å². The van der Waals surface area contributed by atoms with Crippen molar-refractivity contribution in [3.05, 3.63) is 0 Å². The Bertz CT molecular complexity index is 243. The predicted molar refractivity (Wildman–Crippen MR) is 91.1 cm³/mol. The lowest BCUT2D eigenvalue weighted by molar-refractivity contribution is -0.0282. The fourth-order valence-corrected chi connectivity index (χ4v) is 1.98. The maximum absolute atomic E-state index is 13.0. The first kappa shape index (κ1) is 25.0. The van der Waals surface area contributed by atoms with Gasteiger partial charge in [-0.15, -0.1) is 0 Å². The molecule has 0 saturated heterocycles. The summed E-state index contributed by atoms with van der Waals surface area (Å²) in [5, 5.41) is 0.